The average molecular weight is 222 g/mol. The van der Waals surface area contributed by atoms with Crippen LogP contribution in [0, 0.1) is 6.92 Å². The van der Waals surface area contributed by atoms with Gasteiger partial charge in [0.1, 0.15) is 5.69 Å². The Morgan fingerprint density at radius 2 is 1.94 bits per heavy atom. The highest BCUT2D eigenvalue weighted by Gasteiger charge is 2.49. The molecule has 0 amide bonds. The second kappa shape index (κ2) is 3.07. The van der Waals surface area contributed by atoms with Gasteiger partial charge in [0.15, 0.2) is 5.84 Å². The fourth-order valence-electron chi connectivity index (χ4n) is 1.71. The molecule has 1 aromatic rings. The summed E-state index contributed by atoms with van der Waals surface area (Å²) in [6.07, 6.45) is 1.61. The fraction of sp³-hybridized carbons (Fsp3) is 0.636. The maximum atomic E-state index is 10.2. The molecule has 0 atom stereocenters. The van der Waals surface area contributed by atoms with Gasteiger partial charge >= 0.3 is 0 Å². The number of imidazole rings is 1. The van der Waals surface area contributed by atoms with Gasteiger partial charge in [-0.3, -0.25) is 10.2 Å². The molecule has 2 N–H and O–H groups in total. The number of hydrogen-bond donors (Lipinski definition) is 2. The number of aryl methyl sites for hydroxylation is 1. The summed E-state index contributed by atoms with van der Waals surface area (Å²) in [5.41, 5.74) is 0.836. The summed E-state index contributed by atoms with van der Waals surface area (Å²) in [7, 11) is 0. The molecule has 5 heteroatoms. The maximum Gasteiger partial charge on any atom is 0.176 e. The van der Waals surface area contributed by atoms with E-state index in [1.54, 1.807) is 6.33 Å². The Kier molecular flexibility index (Phi) is 2.14. The van der Waals surface area contributed by atoms with Crippen LogP contribution in [0.15, 0.2) is 11.3 Å². The molecule has 0 fully saturated rings. The molecule has 2 rings (SSSR count). The zero-order valence-corrected chi connectivity index (χ0v) is 10.4. The molecule has 0 radical (unpaired) electrons. The molecule has 0 aromatic carbocycles. The average Bonchev–Trinajstić information content (AvgIpc) is 2.64. The Balaban J connectivity index is 2.50. The topological polar surface area (TPSA) is 64.5 Å². The number of aromatic nitrogens is 2. The lowest BCUT2D eigenvalue weighted by Gasteiger charge is -2.36. The number of hydrogen-bond acceptors (Lipinski definition) is 4. The van der Waals surface area contributed by atoms with Crippen LogP contribution < -0.4 is 0 Å². The van der Waals surface area contributed by atoms with E-state index in [0.29, 0.717) is 11.5 Å². The van der Waals surface area contributed by atoms with Gasteiger partial charge in [0.25, 0.3) is 0 Å². The quantitative estimate of drug-likeness (QED) is 0.760. The molecule has 5 nitrogen and oxygen atoms in total. The first-order chi connectivity index (χ1) is 7.27. The molecule has 0 saturated carbocycles. The second-order valence-corrected chi connectivity index (χ2v) is 5.24. The van der Waals surface area contributed by atoms with Crippen LogP contribution in [-0.2, 0) is 0 Å². The third kappa shape index (κ3) is 1.28. The van der Waals surface area contributed by atoms with Gasteiger partial charge in [-0.25, -0.2) is 10.0 Å². The van der Waals surface area contributed by atoms with Crippen LogP contribution in [0.25, 0.3) is 0 Å². The van der Waals surface area contributed by atoms with E-state index in [1.807, 2.05) is 34.6 Å². The molecule has 1 aromatic heterocycles. The van der Waals surface area contributed by atoms with Crippen molar-refractivity contribution in [1.82, 2.24) is 15.0 Å². The van der Waals surface area contributed by atoms with Crippen LogP contribution in [0.4, 0.5) is 0 Å². The van der Waals surface area contributed by atoms with E-state index in [2.05, 4.69) is 15.0 Å². The summed E-state index contributed by atoms with van der Waals surface area (Å²) in [5.74, 6) is 0.536. The molecule has 0 aliphatic carbocycles. The second-order valence-electron chi connectivity index (χ2n) is 5.24. The largest absolute Gasteiger partial charge is 0.348 e. The molecular weight excluding hydrogens is 204 g/mol. The summed E-state index contributed by atoms with van der Waals surface area (Å²) in [6.45, 7) is 9.85. The number of nitrogens with one attached hydrogen (secondary N) is 1. The third-order valence-electron chi connectivity index (χ3n) is 3.65. The molecule has 1 aliphatic heterocycles. The van der Waals surface area contributed by atoms with E-state index in [9.17, 15) is 5.21 Å². The highest BCUT2D eigenvalue weighted by atomic mass is 16.5. The van der Waals surface area contributed by atoms with Crippen molar-refractivity contribution >= 4 is 5.84 Å². The van der Waals surface area contributed by atoms with E-state index < -0.39 is 5.54 Å². The van der Waals surface area contributed by atoms with Gasteiger partial charge in [-0.2, -0.15) is 0 Å². The number of amidine groups is 1. The van der Waals surface area contributed by atoms with Crippen molar-refractivity contribution in [1.29, 1.82) is 0 Å². The van der Waals surface area contributed by atoms with Gasteiger partial charge in [0.2, 0.25) is 0 Å². The number of rotatable bonds is 1. The van der Waals surface area contributed by atoms with Crippen LogP contribution in [0.5, 0.6) is 0 Å². The number of aromatic amines is 1. The standard InChI is InChI=1S/C11H18N4O/c1-7-8(13-6-12-7)9-14-10(2,3)11(4,5)15(9)16/h6,16H,1-5H3,(H,12,13). The predicted octanol–water partition coefficient (Wildman–Crippen LogP) is 1.73. The van der Waals surface area contributed by atoms with E-state index in [4.69, 9.17) is 0 Å². The zero-order valence-electron chi connectivity index (χ0n) is 10.4. The fourth-order valence-corrected chi connectivity index (χ4v) is 1.71. The van der Waals surface area contributed by atoms with Crippen LogP contribution in [0.1, 0.15) is 39.1 Å². The highest BCUT2D eigenvalue weighted by Crippen LogP contribution is 2.37. The van der Waals surface area contributed by atoms with Crippen LogP contribution in [0.2, 0.25) is 0 Å². The Morgan fingerprint density at radius 3 is 2.31 bits per heavy atom. The van der Waals surface area contributed by atoms with E-state index in [-0.39, 0.29) is 5.54 Å². The first kappa shape index (κ1) is 11.1. The molecule has 0 spiro atoms. The molecule has 1 aliphatic rings. The lowest BCUT2D eigenvalue weighted by atomic mass is 9.84. The maximum absolute atomic E-state index is 10.2. The lowest BCUT2D eigenvalue weighted by Crippen LogP contribution is -2.51. The smallest absolute Gasteiger partial charge is 0.176 e. The van der Waals surface area contributed by atoms with Gasteiger partial charge < -0.3 is 4.98 Å². The molecule has 0 bridgehead atoms. The summed E-state index contributed by atoms with van der Waals surface area (Å²) in [6, 6.07) is 0. The minimum atomic E-state index is -0.437. The minimum Gasteiger partial charge on any atom is -0.348 e. The Bertz CT molecular complexity index is 445. The Hall–Kier alpha value is -1.36. The van der Waals surface area contributed by atoms with Crippen molar-refractivity contribution in [3.05, 3.63) is 17.7 Å². The molecule has 88 valence electrons. The van der Waals surface area contributed by atoms with Crippen molar-refractivity contribution in [2.45, 2.75) is 45.7 Å². The van der Waals surface area contributed by atoms with Gasteiger partial charge in [-0.05, 0) is 34.6 Å². The van der Waals surface area contributed by atoms with Gasteiger partial charge in [0, 0.05) is 5.69 Å². The summed E-state index contributed by atoms with van der Waals surface area (Å²) >= 11 is 0. The van der Waals surface area contributed by atoms with Crippen molar-refractivity contribution < 1.29 is 5.21 Å². The monoisotopic (exact) mass is 222 g/mol. The molecule has 2 heterocycles. The molecular formula is C11H18N4O. The number of hydroxylamine groups is 2. The highest BCUT2D eigenvalue weighted by molar-refractivity contribution is 5.99. The Morgan fingerprint density at radius 1 is 1.31 bits per heavy atom. The number of aliphatic imine (C=N–C) groups is 1. The first-order valence-corrected chi connectivity index (χ1v) is 5.36. The summed E-state index contributed by atoms with van der Waals surface area (Å²) < 4.78 is 0. The van der Waals surface area contributed by atoms with Crippen LogP contribution in [0.3, 0.4) is 0 Å². The van der Waals surface area contributed by atoms with Gasteiger partial charge in [-0.15, -0.1) is 0 Å². The van der Waals surface area contributed by atoms with Crippen molar-refractivity contribution in [3.63, 3.8) is 0 Å². The summed E-state index contributed by atoms with van der Waals surface area (Å²) in [4.78, 5) is 11.7. The van der Waals surface area contributed by atoms with Crippen LogP contribution >= 0.6 is 0 Å². The van der Waals surface area contributed by atoms with Crippen molar-refractivity contribution in [2.75, 3.05) is 0 Å². The summed E-state index contributed by atoms with van der Waals surface area (Å²) in [5, 5.41) is 11.4. The molecule has 0 unspecified atom stereocenters. The zero-order chi connectivity index (χ0) is 12.1. The normalized spacial score (nSPS) is 22.4. The Labute approximate surface area is 95.2 Å². The van der Waals surface area contributed by atoms with Crippen LogP contribution in [-0.4, -0.2) is 37.2 Å². The lowest BCUT2D eigenvalue weighted by molar-refractivity contribution is -0.0994. The van der Waals surface area contributed by atoms with Crippen molar-refractivity contribution in [3.8, 4) is 0 Å². The van der Waals surface area contributed by atoms with E-state index >= 15 is 0 Å². The molecule has 16 heavy (non-hydrogen) atoms. The minimum absolute atomic E-state index is 0.345. The van der Waals surface area contributed by atoms with Gasteiger partial charge in [0.05, 0.1) is 17.4 Å². The SMILES string of the molecule is Cc1[nH]cnc1C1=NC(C)(C)C(C)(C)N1O. The van der Waals surface area contributed by atoms with E-state index in [1.165, 1.54) is 5.06 Å². The number of nitrogens with zero attached hydrogens (tertiary/aromatic N) is 3. The number of H-pyrrole nitrogens is 1. The predicted molar refractivity (Wildman–Crippen MR) is 61.6 cm³/mol. The third-order valence-corrected chi connectivity index (χ3v) is 3.65. The van der Waals surface area contributed by atoms with Crippen molar-refractivity contribution in [2.24, 2.45) is 4.99 Å². The first-order valence-electron chi connectivity index (χ1n) is 5.36. The van der Waals surface area contributed by atoms with E-state index in [0.717, 1.165) is 5.69 Å². The molecule has 0 saturated heterocycles. The van der Waals surface area contributed by atoms with Gasteiger partial charge in [-0.1, -0.05) is 0 Å².